The summed E-state index contributed by atoms with van der Waals surface area (Å²) in [5, 5.41) is 2.91. The molecule has 0 aromatic carbocycles. The van der Waals surface area contributed by atoms with Crippen molar-refractivity contribution in [3.63, 3.8) is 0 Å². The molecule has 1 N–H and O–H groups in total. The maximum absolute atomic E-state index is 11.3. The van der Waals surface area contributed by atoms with Gasteiger partial charge in [0.05, 0.1) is 6.10 Å². The first kappa shape index (κ1) is 11.3. The van der Waals surface area contributed by atoms with E-state index in [4.69, 9.17) is 4.74 Å². The molecule has 1 rings (SSSR count). The van der Waals surface area contributed by atoms with Crippen LogP contribution in [0.15, 0.2) is 0 Å². The minimum Gasteiger partial charge on any atom is -0.447 e. The molecule has 0 aromatic rings. The van der Waals surface area contributed by atoms with Crippen LogP contribution < -0.4 is 5.32 Å². The summed E-state index contributed by atoms with van der Waals surface area (Å²) in [7, 11) is 0. The fraction of sp³-hybridized carbons (Fsp3) is 0.909. The van der Waals surface area contributed by atoms with Gasteiger partial charge in [0.2, 0.25) is 0 Å². The Bertz CT molecular complexity index is 184. The Labute approximate surface area is 86.2 Å². The zero-order chi connectivity index (χ0) is 10.6. The summed E-state index contributed by atoms with van der Waals surface area (Å²) >= 11 is 0. The fourth-order valence-corrected chi connectivity index (χ4v) is 1.82. The predicted octanol–water partition coefficient (Wildman–Crippen LogP) is 2.70. The number of hydrogen-bond acceptors (Lipinski definition) is 2. The molecule has 0 radical (unpaired) electrons. The summed E-state index contributed by atoms with van der Waals surface area (Å²) in [5.74, 6) is 0.814. The Morgan fingerprint density at radius 3 is 2.36 bits per heavy atom. The smallest absolute Gasteiger partial charge is 0.407 e. The highest BCUT2D eigenvalue weighted by atomic mass is 16.6. The van der Waals surface area contributed by atoms with Gasteiger partial charge in [0.15, 0.2) is 0 Å². The Morgan fingerprint density at radius 2 is 1.86 bits per heavy atom. The molecule has 1 amide bonds. The maximum atomic E-state index is 11.3. The van der Waals surface area contributed by atoms with E-state index in [0.717, 1.165) is 18.8 Å². The summed E-state index contributed by atoms with van der Waals surface area (Å²) in [6.07, 6.45) is 4.32. The van der Waals surface area contributed by atoms with Gasteiger partial charge in [-0.2, -0.15) is 0 Å². The molecule has 0 saturated heterocycles. The summed E-state index contributed by atoms with van der Waals surface area (Å²) in [6.45, 7) is 5.99. The molecule has 0 aromatic heterocycles. The minimum absolute atomic E-state index is 0.0301. The van der Waals surface area contributed by atoms with E-state index in [-0.39, 0.29) is 12.2 Å². The fourth-order valence-electron chi connectivity index (χ4n) is 1.82. The highest BCUT2D eigenvalue weighted by Gasteiger charge is 2.20. The highest BCUT2D eigenvalue weighted by Crippen LogP contribution is 2.23. The predicted molar refractivity (Wildman–Crippen MR) is 56.2 cm³/mol. The van der Waals surface area contributed by atoms with Crippen LogP contribution in [-0.2, 0) is 4.74 Å². The molecule has 0 spiro atoms. The van der Waals surface area contributed by atoms with Gasteiger partial charge in [-0.25, -0.2) is 4.79 Å². The number of hydrogen-bond donors (Lipinski definition) is 1. The van der Waals surface area contributed by atoms with E-state index in [1.165, 1.54) is 12.8 Å². The second-order valence-electron chi connectivity index (χ2n) is 4.56. The van der Waals surface area contributed by atoms with Crippen LogP contribution in [0.5, 0.6) is 0 Å². The molecule has 1 saturated carbocycles. The van der Waals surface area contributed by atoms with Crippen molar-refractivity contribution < 1.29 is 9.53 Å². The van der Waals surface area contributed by atoms with E-state index in [2.05, 4.69) is 12.2 Å². The molecule has 0 unspecified atom stereocenters. The van der Waals surface area contributed by atoms with Crippen molar-refractivity contribution in [1.29, 1.82) is 0 Å². The van der Waals surface area contributed by atoms with Crippen LogP contribution in [0.2, 0.25) is 0 Å². The summed E-state index contributed by atoms with van der Waals surface area (Å²) < 4.78 is 5.03. The summed E-state index contributed by atoms with van der Waals surface area (Å²) in [4.78, 5) is 11.3. The summed E-state index contributed by atoms with van der Waals surface area (Å²) in [6, 6.07) is 0.331. The van der Waals surface area contributed by atoms with E-state index < -0.39 is 0 Å². The van der Waals surface area contributed by atoms with Crippen LogP contribution >= 0.6 is 0 Å². The topological polar surface area (TPSA) is 38.3 Å². The molecule has 0 bridgehead atoms. The SMILES string of the molecule is CC(C)OC(=O)N[C@H]1CC[C@H](C)CC1. The Balaban J connectivity index is 2.20. The second-order valence-corrected chi connectivity index (χ2v) is 4.56. The first-order chi connectivity index (χ1) is 6.58. The molecule has 0 aliphatic heterocycles. The average molecular weight is 199 g/mol. The lowest BCUT2D eigenvalue weighted by molar-refractivity contribution is 0.109. The lowest BCUT2D eigenvalue weighted by Crippen LogP contribution is -2.38. The number of nitrogens with one attached hydrogen (secondary N) is 1. The van der Waals surface area contributed by atoms with Gasteiger partial charge in [-0.15, -0.1) is 0 Å². The molecule has 0 atom stereocenters. The zero-order valence-corrected chi connectivity index (χ0v) is 9.38. The molecular weight excluding hydrogens is 178 g/mol. The van der Waals surface area contributed by atoms with Crippen LogP contribution in [0.1, 0.15) is 46.5 Å². The molecule has 82 valence electrons. The lowest BCUT2D eigenvalue weighted by atomic mass is 9.87. The molecule has 1 aliphatic rings. The number of rotatable bonds is 2. The monoisotopic (exact) mass is 199 g/mol. The van der Waals surface area contributed by atoms with Crippen LogP contribution in [0.25, 0.3) is 0 Å². The van der Waals surface area contributed by atoms with Crippen molar-refractivity contribution in [3.05, 3.63) is 0 Å². The van der Waals surface area contributed by atoms with Gasteiger partial charge in [0.1, 0.15) is 0 Å². The Morgan fingerprint density at radius 1 is 1.29 bits per heavy atom. The van der Waals surface area contributed by atoms with Crippen molar-refractivity contribution in [2.75, 3.05) is 0 Å². The first-order valence-corrected chi connectivity index (χ1v) is 5.55. The number of carbonyl (C=O) groups is 1. The van der Waals surface area contributed by atoms with Gasteiger partial charge in [0.25, 0.3) is 0 Å². The lowest BCUT2D eigenvalue weighted by Gasteiger charge is -2.26. The first-order valence-electron chi connectivity index (χ1n) is 5.55. The number of amides is 1. The van der Waals surface area contributed by atoms with Crippen molar-refractivity contribution in [2.24, 2.45) is 5.92 Å². The van der Waals surface area contributed by atoms with Gasteiger partial charge in [0, 0.05) is 6.04 Å². The molecular formula is C11H21NO2. The van der Waals surface area contributed by atoms with Crippen LogP contribution in [0.3, 0.4) is 0 Å². The van der Waals surface area contributed by atoms with Crippen LogP contribution in [-0.4, -0.2) is 18.2 Å². The Hall–Kier alpha value is -0.730. The van der Waals surface area contributed by atoms with E-state index in [1.54, 1.807) is 0 Å². The van der Waals surface area contributed by atoms with E-state index in [0.29, 0.717) is 6.04 Å². The standard InChI is InChI=1S/C11H21NO2/c1-8(2)14-11(13)12-10-6-4-9(3)5-7-10/h8-10H,4-7H2,1-3H3,(H,12,13)/t9-,10-. The van der Waals surface area contributed by atoms with Crippen LogP contribution in [0.4, 0.5) is 4.79 Å². The third kappa shape index (κ3) is 3.99. The third-order valence-electron chi connectivity index (χ3n) is 2.68. The molecule has 1 aliphatic carbocycles. The van der Waals surface area contributed by atoms with Crippen LogP contribution in [0, 0.1) is 5.92 Å². The van der Waals surface area contributed by atoms with Gasteiger partial charge in [-0.1, -0.05) is 6.92 Å². The van der Waals surface area contributed by atoms with Gasteiger partial charge in [-0.05, 0) is 45.4 Å². The highest BCUT2D eigenvalue weighted by molar-refractivity contribution is 5.67. The number of carbonyl (C=O) groups excluding carboxylic acids is 1. The van der Waals surface area contributed by atoms with E-state index >= 15 is 0 Å². The quantitative estimate of drug-likeness (QED) is 0.742. The van der Waals surface area contributed by atoms with Gasteiger partial charge < -0.3 is 10.1 Å². The van der Waals surface area contributed by atoms with Gasteiger partial charge >= 0.3 is 6.09 Å². The normalized spacial score (nSPS) is 27.4. The largest absolute Gasteiger partial charge is 0.447 e. The van der Waals surface area contributed by atoms with Crippen molar-refractivity contribution >= 4 is 6.09 Å². The third-order valence-corrected chi connectivity index (χ3v) is 2.68. The van der Waals surface area contributed by atoms with Gasteiger partial charge in [-0.3, -0.25) is 0 Å². The maximum Gasteiger partial charge on any atom is 0.407 e. The molecule has 3 heteroatoms. The van der Waals surface area contributed by atoms with Crippen molar-refractivity contribution in [1.82, 2.24) is 5.32 Å². The zero-order valence-electron chi connectivity index (χ0n) is 9.38. The molecule has 14 heavy (non-hydrogen) atoms. The molecule has 1 fully saturated rings. The average Bonchev–Trinajstić information content (AvgIpc) is 2.07. The van der Waals surface area contributed by atoms with E-state index in [1.807, 2.05) is 13.8 Å². The summed E-state index contributed by atoms with van der Waals surface area (Å²) in [5.41, 5.74) is 0. The Kier molecular flexibility index (Phi) is 4.23. The second kappa shape index (κ2) is 5.23. The van der Waals surface area contributed by atoms with Crippen molar-refractivity contribution in [3.8, 4) is 0 Å². The molecule has 3 nitrogen and oxygen atoms in total. The number of alkyl carbamates (subject to hydrolysis) is 1. The molecule has 0 heterocycles. The van der Waals surface area contributed by atoms with E-state index in [9.17, 15) is 4.79 Å². The minimum atomic E-state index is -0.264. The van der Waals surface area contributed by atoms with Crippen molar-refractivity contribution in [2.45, 2.75) is 58.6 Å². The number of ether oxygens (including phenoxy) is 1.